The maximum Gasteiger partial charge on any atom is 0.191 e. The molecule has 0 aliphatic carbocycles. The highest BCUT2D eigenvalue weighted by molar-refractivity contribution is 14.0. The van der Waals surface area contributed by atoms with Crippen molar-refractivity contribution in [2.24, 2.45) is 4.99 Å². The van der Waals surface area contributed by atoms with Gasteiger partial charge >= 0.3 is 0 Å². The van der Waals surface area contributed by atoms with Crippen LogP contribution in [0.5, 0.6) is 5.75 Å². The van der Waals surface area contributed by atoms with Gasteiger partial charge in [-0.25, -0.2) is 4.99 Å². The fourth-order valence-corrected chi connectivity index (χ4v) is 3.69. The van der Waals surface area contributed by atoms with E-state index in [2.05, 4.69) is 48.5 Å². The molecule has 2 bridgehead atoms. The van der Waals surface area contributed by atoms with Crippen molar-refractivity contribution in [2.45, 2.75) is 64.2 Å². The zero-order valence-corrected chi connectivity index (χ0v) is 18.4. The van der Waals surface area contributed by atoms with Gasteiger partial charge in [-0.2, -0.15) is 0 Å². The molecule has 0 aromatic heterocycles. The van der Waals surface area contributed by atoms with Crippen molar-refractivity contribution in [1.29, 1.82) is 0 Å². The number of aliphatic imine (C=N–C) groups is 1. The predicted molar refractivity (Wildman–Crippen MR) is 117 cm³/mol. The Balaban J connectivity index is 0.00000243. The summed E-state index contributed by atoms with van der Waals surface area (Å²) in [7, 11) is 0. The largest absolute Gasteiger partial charge is 0.491 e. The van der Waals surface area contributed by atoms with E-state index < -0.39 is 0 Å². The third kappa shape index (κ3) is 5.49. The van der Waals surface area contributed by atoms with Crippen LogP contribution < -0.4 is 15.4 Å². The lowest BCUT2D eigenvalue weighted by molar-refractivity contribution is 0.0992. The molecule has 6 heteroatoms. The van der Waals surface area contributed by atoms with E-state index in [1.54, 1.807) is 0 Å². The van der Waals surface area contributed by atoms with Gasteiger partial charge in [-0.05, 0) is 43.7 Å². The van der Waals surface area contributed by atoms with Gasteiger partial charge in [0, 0.05) is 6.54 Å². The Morgan fingerprint density at radius 2 is 2.12 bits per heavy atom. The minimum atomic E-state index is 0. The normalized spacial score (nSPS) is 24.5. The molecule has 3 unspecified atom stereocenters. The topological polar surface area (TPSA) is 54.9 Å². The number of benzene rings is 1. The molecule has 2 fully saturated rings. The number of hydrogen-bond acceptors (Lipinski definition) is 3. The minimum Gasteiger partial charge on any atom is -0.491 e. The average Bonchev–Trinajstić information content (AvgIpc) is 3.22. The molecular formula is C20H32IN3O2. The van der Waals surface area contributed by atoms with Gasteiger partial charge in [0.2, 0.25) is 0 Å². The van der Waals surface area contributed by atoms with Crippen LogP contribution >= 0.6 is 24.0 Å². The van der Waals surface area contributed by atoms with Crippen molar-refractivity contribution < 1.29 is 9.47 Å². The van der Waals surface area contributed by atoms with Crippen molar-refractivity contribution in [3.63, 3.8) is 0 Å². The van der Waals surface area contributed by atoms with Crippen LogP contribution in [0.15, 0.2) is 29.3 Å². The zero-order chi connectivity index (χ0) is 17.6. The summed E-state index contributed by atoms with van der Waals surface area (Å²) in [4.78, 5) is 4.66. The molecule has 2 aliphatic heterocycles. The van der Waals surface area contributed by atoms with Crippen molar-refractivity contribution in [3.05, 3.63) is 29.8 Å². The molecule has 2 aliphatic rings. The molecule has 1 aromatic rings. The summed E-state index contributed by atoms with van der Waals surface area (Å²) in [6, 6.07) is 8.63. The lowest BCUT2D eigenvalue weighted by Gasteiger charge is -2.22. The van der Waals surface area contributed by atoms with E-state index in [0.29, 0.717) is 37.3 Å². The van der Waals surface area contributed by atoms with Gasteiger partial charge in [-0.15, -0.1) is 24.0 Å². The van der Waals surface area contributed by atoms with Crippen LogP contribution in [0.4, 0.5) is 0 Å². The first-order valence-electron chi connectivity index (χ1n) is 9.59. The van der Waals surface area contributed by atoms with E-state index in [0.717, 1.165) is 31.1 Å². The summed E-state index contributed by atoms with van der Waals surface area (Å²) >= 11 is 0. The van der Waals surface area contributed by atoms with Crippen LogP contribution in [0, 0.1) is 0 Å². The Hall–Kier alpha value is -1.02. The van der Waals surface area contributed by atoms with E-state index in [9.17, 15) is 0 Å². The molecular weight excluding hydrogens is 441 g/mol. The Morgan fingerprint density at radius 3 is 2.77 bits per heavy atom. The molecule has 26 heavy (non-hydrogen) atoms. The molecule has 2 heterocycles. The first-order chi connectivity index (χ1) is 12.2. The van der Waals surface area contributed by atoms with Crippen LogP contribution in [0.1, 0.15) is 51.5 Å². The molecule has 146 valence electrons. The van der Waals surface area contributed by atoms with E-state index in [1.807, 2.05) is 12.1 Å². The summed E-state index contributed by atoms with van der Waals surface area (Å²) < 4.78 is 11.9. The number of guanidine groups is 1. The molecule has 5 nitrogen and oxygen atoms in total. The molecule has 0 radical (unpaired) electrons. The van der Waals surface area contributed by atoms with Crippen LogP contribution in [0.3, 0.4) is 0 Å². The van der Waals surface area contributed by atoms with Crippen LogP contribution in [-0.4, -0.2) is 43.9 Å². The summed E-state index contributed by atoms with van der Waals surface area (Å²) in [5.74, 6) is 2.29. The molecule has 0 saturated carbocycles. The first kappa shape index (κ1) is 21.3. The molecule has 1 aromatic carbocycles. The van der Waals surface area contributed by atoms with E-state index in [-0.39, 0.29) is 24.0 Å². The number of fused-ring (bicyclic) bond motifs is 2. The first-order valence-corrected chi connectivity index (χ1v) is 9.59. The van der Waals surface area contributed by atoms with Gasteiger partial charge in [0.1, 0.15) is 12.4 Å². The van der Waals surface area contributed by atoms with Gasteiger partial charge in [0.05, 0.1) is 24.8 Å². The highest BCUT2D eigenvalue weighted by Crippen LogP contribution is 2.34. The van der Waals surface area contributed by atoms with Crippen LogP contribution in [0.25, 0.3) is 0 Å². The predicted octanol–water partition coefficient (Wildman–Crippen LogP) is 3.68. The Morgan fingerprint density at radius 1 is 1.31 bits per heavy atom. The zero-order valence-electron chi connectivity index (χ0n) is 16.0. The molecule has 0 amide bonds. The average molecular weight is 473 g/mol. The third-order valence-corrected chi connectivity index (χ3v) is 4.93. The maximum atomic E-state index is 5.96. The van der Waals surface area contributed by atoms with Gasteiger partial charge in [-0.1, -0.05) is 32.0 Å². The highest BCUT2D eigenvalue weighted by atomic mass is 127. The lowest BCUT2D eigenvalue weighted by Crippen LogP contribution is -2.47. The van der Waals surface area contributed by atoms with Crippen molar-refractivity contribution >= 4 is 29.9 Å². The molecule has 2 N–H and O–H groups in total. The second-order valence-electron chi connectivity index (χ2n) is 7.16. The molecule has 2 saturated heterocycles. The number of hydrogen-bond donors (Lipinski definition) is 2. The summed E-state index contributed by atoms with van der Waals surface area (Å²) in [5.41, 5.74) is 1.25. The third-order valence-electron chi connectivity index (χ3n) is 4.93. The van der Waals surface area contributed by atoms with Crippen molar-refractivity contribution in [1.82, 2.24) is 10.6 Å². The quantitative estimate of drug-likeness (QED) is 0.275. The smallest absolute Gasteiger partial charge is 0.191 e. The Labute approximate surface area is 174 Å². The number of halogens is 1. The molecule has 3 rings (SSSR count). The summed E-state index contributed by atoms with van der Waals surface area (Å²) in [5, 5.41) is 6.86. The summed E-state index contributed by atoms with van der Waals surface area (Å²) in [6.45, 7) is 8.52. The van der Waals surface area contributed by atoms with E-state index in [4.69, 9.17) is 9.47 Å². The van der Waals surface area contributed by atoms with Crippen LogP contribution in [-0.2, 0) is 4.74 Å². The van der Waals surface area contributed by atoms with E-state index in [1.165, 1.54) is 12.0 Å². The number of rotatable bonds is 7. The Kier molecular flexibility index (Phi) is 8.47. The minimum absolute atomic E-state index is 0. The standard InChI is InChI=1S/C20H31N3O2.HI/c1-4-21-20(23-17-13-15-9-10-19(17)25-15)22-11-12-24-18-8-6-5-7-16(18)14(2)3;/h5-8,14-15,17,19H,4,9-13H2,1-3H3,(H2,21,22,23);1H. The SMILES string of the molecule is CCNC(=NCCOc1ccccc1C(C)C)NC1CC2CCC1O2.I. The number of nitrogens with zero attached hydrogens (tertiary/aromatic N) is 1. The second kappa shape index (κ2) is 10.3. The Bertz CT molecular complexity index is 594. The number of para-hydroxylation sites is 1. The summed E-state index contributed by atoms with van der Waals surface area (Å²) in [6.07, 6.45) is 4.26. The monoisotopic (exact) mass is 473 g/mol. The lowest BCUT2D eigenvalue weighted by atomic mass is 9.96. The van der Waals surface area contributed by atoms with Crippen molar-refractivity contribution in [2.75, 3.05) is 19.7 Å². The van der Waals surface area contributed by atoms with Gasteiger partial charge in [0.15, 0.2) is 5.96 Å². The highest BCUT2D eigenvalue weighted by Gasteiger charge is 2.41. The fourth-order valence-electron chi connectivity index (χ4n) is 3.69. The van der Waals surface area contributed by atoms with Gasteiger partial charge < -0.3 is 20.1 Å². The van der Waals surface area contributed by atoms with Gasteiger partial charge in [-0.3, -0.25) is 0 Å². The molecule has 0 spiro atoms. The van der Waals surface area contributed by atoms with E-state index >= 15 is 0 Å². The number of ether oxygens (including phenoxy) is 2. The fraction of sp³-hybridized carbons (Fsp3) is 0.650. The second-order valence-corrected chi connectivity index (χ2v) is 7.16. The maximum absolute atomic E-state index is 5.96. The number of nitrogens with one attached hydrogen (secondary N) is 2. The van der Waals surface area contributed by atoms with Crippen LogP contribution in [0.2, 0.25) is 0 Å². The molecule has 3 atom stereocenters. The van der Waals surface area contributed by atoms with Crippen molar-refractivity contribution in [3.8, 4) is 5.75 Å². The van der Waals surface area contributed by atoms with Gasteiger partial charge in [0.25, 0.3) is 0 Å².